The summed E-state index contributed by atoms with van der Waals surface area (Å²) in [5.74, 6) is -0.193. The van der Waals surface area contributed by atoms with Gasteiger partial charge in [-0.2, -0.15) is 0 Å². The molecule has 0 saturated carbocycles. The van der Waals surface area contributed by atoms with Crippen LogP contribution in [0.5, 0.6) is 0 Å². The lowest BCUT2D eigenvalue weighted by atomic mass is 10.1. The Morgan fingerprint density at radius 2 is 2.05 bits per heavy atom. The highest BCUT2D eigenvalue weighted by Crippen LogP contribution is 2.21. The fourth-order valence-electron chi connectivity index (χ4n) is 2.05. The van der Waals surface area contributed by atoms with Crippen molar-refractivity contribution in [3.8, 4) is 5.69 Å². The Morgan fingerprint density at radius 1 is 1.36 bits per heavy atom. The van der Waals surface area contributed by atoms with Crippen molar-refractivity contribution in [1.82, 2.24) is 14.9 Å². The Morgan fingerprint density at radius 3 is 2.64 bits per heavy atom. The molecule has 22 heavy (non-hydrogen) atoms. The van der Waals surface area contributed by atoms with Crippen molar-refractivity contribution in [2.75, 3.05) is 12.9 Å². The third kappa shape index (κ3) is 3.51. The van der Waals surface area contributed by atoms with Crippen LogP contribution in [0.15, 0.2) is 41.7 Å². The maximum absolute atomic E-state index is 12.5. The topological polar surface area (TPSA) is 67.2 Å². The average molecular weight is 319 g/mol. The smallest absolute Gasteiger partial charge is 0.270 e. The van der Waals surface area contributed by atoms with E-state index in [1.54, 1.807) is 6.20 Å². The molecule has 0 saturated heterocycles. The Hall–Kier alpha value is -1.79. The van der Waals surface area contributed by atoms with E-state index < -0.39 is 0 Å². The molecule has 1 aromatic carbocycles. The largest absolute Gasteiger partial charge is 0.396 e. The summed E-state index contributed by atoms with van der Waals surface area (Å²) < 4.78 is 1.84. The molecular formula is C16H21N3O2S. The summed E-state index contributed by atoms with van der Waals surface area (Å²) in [6, 6.07) is 9.56. The zero-order chi connectivity index (χ0) is 16.1. The Bertz CT molecular complexity index is 628. The van der Waals surface area contributed by atoms with Gasteiger partial charge in [0.25, 0.3) is 5.91 Å². The van der Waals surface area contributed by atoms with Crippen LogP contribution in [0.4, 0.5) is 0 Å². The van der Waals surface area contributed by atoms with Crippen molar-refractivity contribution in [1.29, 1.82) is 0 Å². The number of amides is 1. The maximum Gasteiger partial charge on any atom is 0.270 e. The molecule has 0 fully saturated rings. The number of aliphatic hydroxyl groups is 1. The first kappa shape index (κ1) is 16.6. The van der Waals surface area contributed by atoms with E-state index in [-0.39, 0.29) is 24.5 Å². The molecule has 2 N–H and O–H groups in total. The summed E-state index contributed by atoms with van der Waals surface area (Å²) in [5.41, 5.74) is 1.39. The van der Waals surface area contributed by atoms with Crippen LogP contribution in [-0.2, 0) is 0 Å². The van der Waals surface area contributed by atoms with E-state index in [0.29, 0.717) is 5.69 Å². The van der Waals surface area contributed by atoms with Gasteiger partial charge in [-0.15, -0.1) is 0 Å². The molecule has 2 rings (SSSR count). The number of para-hydroxylation sites is 1. The van der Waals surface area contributed by atoms with Gasteiger partial charge in [-0.1, -0.05) is 36.9 Å². The molecule has 2 atom stereocenters. The SMILES string of the molecule is CSc1ncc(C(=O)NC(C)C(C)CO)n1-c1ccccc1. The minimum absolute atomic E-state index is 0.00272. The molecule has 6 heteroatoms. The van der Waals surface area contributed by atoms with E-state index in [9.17, 15) is 9.90 Å². The maximum atomic E-state index is 12.5. The number of imidazole rings is 1. The standard InChI is InChI=1S/C16H21N3O2S/c1-11(10-20)12(2)18-15(21)14-9-17-16(22-3)19(14)13-7-5-4-6-8-13/h4-9,11-12,20H,10H2,1-3H3,(H,18,21). The molecule has 2 aromatic rings. The fraction of sp³-hybridized carbons (Fsp3) is 0.375. The Kier molecular flexibility index (Phi) is 5.63. The van der Waals surface area contributed by atoms with Crippen molar-refractivity contribution in [3.05, 3.63) is 42.2 Å². The molecule has 0 aliphatic heterocycles. The fourth-order valence-corrected chi connectivity index (χ4v) is 2.59. The van der Waals surface area contributed by atoms with E-state index in [1.165, 1.54) is 11.8 Å². The Balaban J connectivity index is 2.32. The van der Waals surface area contributed by atoms with Crippen LogP contribution in [0, 0.1) is 5.92 Å². The summed E-state index contributed by atoms with van der Waals surface area (Å²) >= 11 is 1.49. The van der Waals surface area contributed by atoms with Crippen LogP contribution >= 0.6 is 11.8 Å². The lowest BCUT2D eigenvalue weighted by molar-refractivity contribution is 0.0909. The normalized spacial score (nSPS) is 13.6. The zero-order valence-corrected chi connectivity index (χ0v) is 13.8. The number of benzene rings is 1. The summed E-state index contributed by atoms with van der Waals surface area (Å²) in [6.07, 6.45) is 3.52. The van der Waals surface area contributed by atoms with Crippen molar-refractivity contribution in [2.24, 2.45) is 5.92 Å². The third-order valence-electron chi connectivity index (χ3n) is 3.66. The molecular weight excluding hydrogens is 298 g/mol. The highest BCUT2D eigenvalue weighted by atomic mass is 32.2. The minimum Gasteiger partial charge on any atom is -0.396 e. The predicted molar refractivity (Wildman–Crippen MR) is 88.5 cm³/mol. The van der Waals surface area contributed by atoms with Gasteiger partial charge < -0.3 is 10.4 Å². The summed E-state index contributed by atoms with van der Waals surface area (Å²) in [4.78, 5) is 16.9. The third-order valence-corrected chi connectivity index (χ3v) is 4.31. The van der Waals surface area contributed by atoms with Crippen LogP contribution in [0.1, 0.15) is 24.3 Å². The van der Waals surface area contributed by atoms with Crippen LogP contribution in [0.25, 0.3) is 5.69 Å². The number of thioether (sulfide) groups is 1. The molecule has 1 aromatic heterocycles. The molecule has 0 bridgehead atoms. The molecule has 0 spiro atoms. The van der Waals surface area contributed by atoms with E-state index in [2.05, 4.69) is 10.3 Å². The lowest BCUT2D eigenvalue weighted by Crippen LogP contribution is -2.39. The van der Waals surface area contributed by atoms with Crippen LogP contribution in [-0.4, -0.2) is 39.5 Å². The molecule has 2 unspecified atom stereocenters. The second kappa shape index (κ2) is 7.47. The van der Waals surface area contributed by atoms with Gasteiger partial charge in [-0.05, 0) is 31.2 Å². The van der Waals surface area contributed by atoms with Gasteiger partial charge in [-0.3, -0.25) is 9.36 Å². The van der Waals surface area contributed by atoms with E-state index in [0.717, 1.165) is 10.8 Å². The summed E-state index contributed by atoms with van der Waals surface area (Å²) in [6.45, 7) is 3.82. The number of hydrogen-bond acceptors (Lipinski definition) is 4. The molecule has 1 amide bonds. The van der Waals surface area contributed by atoms with Crippen LogP contribution < -0.4 is 5.32 Å². The van der Waals surface area contributed by atoms with Crippen LogP contribution in [0.2, 0.25) is 0 Å². The zero-order valence-electron chi connectivity index (χ0n) is 13.0. The highest BCUT2D eigenvalue weighted by Gasteiger charge is 2.20. The first-order chi connectivity index (χ1) is 10.6. The number of nitrogens with zero attached hydrogens (tertiary/aromatic N) is 2. The number of aliphatic hydroxyl groups excluding tert-OH is 1. The minimum atomic E-state index is -0.190. The second-order valence-electron chi connectivity index (χ2n) is 5.22. The molecule has 1 heterocycles. The number of carbonyl (C=O) groups excluding carboxylic acids is 1. The lowest BCUT2D eigenvalue weighted by Gasteiger charge is -2.19. The van der Waals surface area contributed by atoms with Gasteiger partial charge in [-0.25, -0.2) is 4.98 Å². The first-order valence-electron chi connectivity index (χ1n) is 7.17. The molecule has 5 nitrogen and oxygen atoms in total. The first-order valence-corrected chi connectivity index (χ1v) is 8.39. The Labute approximate surface area is 134 Å². The van der Waals surface area contributed by atoms with Crippen molar-refractivity contribution in [2.45, 2.75) is 25.0 Å². The van der Waals surface area contributed by atoms with Crippen molar-refractivity contribution in [3.63, 3.8) is 0 Å². The molecule has 0 aliphatic carbocycles. The quantitative estimate of drug-likeness (QED) is 0.802. The van der Waals surface area contributed by atoms with Gasteiger partial charge in [0, 0.05) is 18.3 Å². The van der Waals surface area contributed by atoms with Gasteiger partial charge in [0.15, 0.2) is 5.16 Å². The van der Waals surface area contributed by atoms with E-state index in [4.69, 9.17) is 0 Å². The van der Waals surface area contributed by atoms with Gasteiger partial charge >= 0.3 is 0 Å². The number of aromatic nitrogens is 2. The summed E-state index contributed by atoms with van der Waals surface area (Å²) in [5, 5.41) is 12.9. The van der Waals surface area contributed by atoms with Gasteiger partial charge in [0.1, 0.15) is 5.69 Å². The number of nitrogens with one attached hydrogen (secondary N) is 1. The van der Waals surface area contributed by atoms with E-state index >= 15 is 0 Å². The molecule has 0 radical (unpaired) electrons. The van der Waals surface area contributed by atoms with Gasteiger partial charge in [0.2, 0.25) is 0 Å². The molecule has 0 aliphatic rings. The average Bonchev–Trinajstić information content (AvgIpc) is 2.98. The van der Waals surface area contributed by atoms with Gasteiger partial charge in [0.05, 0.1) is 6.20 Å². The van der Waals surface area contributed by atoms with Crippen molar-refractivity contribution >= 4 is 17.7 Å². The highest BCUT2D eigenvalue weighted by molar-refractivity contribution is 7.98. The second-order valence-corrected chi connectivity index (χ2v) is 6.00. The number of carbonyl (C=O) groups is 1. The number of rotatable bonds is 6. The number of hydrogen-bond donors (Lipinski definition) is 2. The van der Waals surface area contributed by atoms with Crippen molar-refractivity contribution < 1.29 is 9.90 Å². The summed E-state index contributed by atoms with van der Waals surface area (Å²) in [7, 11) is 0. The molecule has 118 valence electrons. The van der Waals surface area contributed by atoms with Crippen LogP contribution in [0.3, 0.4) is 0 Å². The monoisotopic (exact) mass is 319 g/mol. The van der Waals surface area contributed by atoms with E-state index in [1.807, 2.05) is 55.0 Å². The predicted octanol–water partition coefficient (Wildman–Crippen LogP) is 2.34.